The van der Waals surface area contributed by atoms with Crippen LogP contribution in [0.2, 0.25) is 0 Å². The van der Waals surface area contributed by atoms with Crippen molar-refractivity contribution in [1.82, 2.24) is 9.78 Å². The first-order chi connectivity index (χ1) is 10.8. The molecule has 0 unspecified atom stereocenters. The molecule has 1 aromatic carbocycles. The molecule has 0 radical (unpaired) electrons. The van der Waals surface area contributed by atoms with Crippen LogP contribution in [0.3, 0.4) is 0 Å². The molecule has 116 valence electrons. The molecule has 1 aliphatic rings. The van der Waals surface area contributed by atoms with Crippen LogP contribution in [-0.2, 0) is 11.3 Å². The molecular weight excluding hydrogens is 276 g/mol. The van der Waals surface area contributed by atoms with E-state index in [-0.39, 0.29) is 12.5 Å². The van der Waals surface area contributed by atoms with Gasteiger partial charge in [0.15, 0.2) is 0 Å². The molecule has 0 spiro atoms. The van der Waals surface area contributed by atoms with E-state index in [4.69, 9.17) is 0 Å². The maximum Gasteiger partial charge on any atom is 0.246 e. The molecule has 2 aromatic rings. The molecule has 1 amide bonds. The molecule has 5 nitrogen and oxygen atoms in total. The number of hydrogen-bond acceptors (Lipinski definition) is 3. The van der Waals surface area contributed by atoms with Crippen molar-refractivity contribution in [3.8, 4) is 0 Å². The molecule has 0 bridgehead atoms. The zero-order valence-corrected chi connectivity index (χ0v) is 12.7. The highest BCUT2D eigenvalue weighted by Gasteiger charge is 2.12. The largest absolute Gasteiger partial charge is 0.382 e. The van der Waals surface area contributed by atoms with Crippen molar-refractivity contribution in [2.75, 3.05) is 10.6 Å². The highest BCUT2D eigenvalue weighted by atomic mass is 16.2. The van der Waals surface area contributed by atoms with E-state index in [2.05, 4.69) is 15.7 Å². The lowest BCUT2D eigenvalue weighted by Gasteiger charge is -2.23. The number of amides is 1. The van der Waals surface area contributed by atoms with Crippen LogP contribution in [0.1, 0.15) is 32.1 Å². The highest BCUT2D eigenvalue weighted by Crippen LogP contribution is 2.22. The minimum absolute atomic E-state index is 0.0725. The Balaban J connectivity index is 1.51. The average Bonchev–Trinajstić information content (AvgIpc) is 3.03. The quantitative estimate of drug-likeness (QED) is 0.890. The van der Waals surface area contributed by atoms with E-state index in [0.29, 0.717) is 6.04 Å². The van der Waals surface area contributed by atoms with Crippen LogP contribution >= 0.6 is 0 Å². The summed E-state index contributed by atoms with van der Waals surface area (Å²) in [6, 6.07) is 10.3. The number of nitrogens with zero attached hydrogens (tertiary/aromatic N) is 2. The number of benzene rings is 1. The van der Waals surface area contributed by atoms with E-state index in [0.717, 1.165) is 11.4 Å². The van der Waals surface area contributed by atoms with Gasteiger partial charge < -0.3 is 10.6 Å². The molecule has 2 N–H and O–H groups in total. The second kappa shape index (κ2) is 7.11. The molecule has 1 saturated carbocycles. The molecule has 0 saturated heterocycles. The summed E-state index contributed by atoms with van der Waals surface area (Å²) in [5.41, 5.74) is 1.93. The number of rotatable bonds is 5. The minimum Gasteiger partial charge on any atom is -0.382 e. The van der Waals surface area contributed by atoms with E-state index in [1.165, 1.54) is 32.1 Å². The fourth-order valence-corrected chi connectivity index (χ4v) is 2.87. The lowest BCUT2D eigenvalue weighted by molar-refractivity contribution is -0.116. The minimum atomic E-state index is -0.0725. The first-order valence-electron chi connectivity index (χ1n) is 7.93. The molecule has 0 aliphatic heterocycles. The summed E-state index contributed by atoms with van der Waals surface area (Å²) in [4.78, 5) is 11.9. The van der Waals surface area contributed by atoms with Crippen molar-refractivity contribution >= 4 is 17.3 Å². The van der Waals surface area contributed by atoms with Gasteiger partial charge in [0.2, 0.25) is 5.91 Å². The smallest absolute Gasteiger partial charge is 0.246 e. The summed E-state index contributed by atoms with van der Waals surface area (Å²) in [5.74, 6) is -0.0725. The molecule has 1 aromatic heterocycles. The molecule has 22 heavy (non-hydrogen) atoms. The lowest BCUT2D eigenvalue weighted by atomic mass is 9.95. The van der Waals surface area contributed by atoms with Crippen molar-refractivity contribution in [3.63, 3.8) is 0 Å². The second-order valence-electron chi connectivity index (χ2n) is 5.81. The Kier molecular flexibility index (Phi) is 4.73. The first-order valence-corrected chi connectivity index (χ1v) is 7.93. The average molecular weight is 298 g/mol. The summed E-state index contributed by atoms with van der Waals surface area (Å²) in [6.45, 7) is 0.231. The predicted octanol–water partition coefficient (Wildman–Crippen LogP) is 3.27. The summed E-state index contributed by atoms with van der Waals surface area (Å²) >= 11 is 0. The van der Waals surface area contributed by atoms with Gasteiger partial charge in [-0.2, -0.15) is 5.10 Å². The monoisotopic (exact) mass is 298 g/mol. The summed E-state index contributed by atoms with van der Waals surface area (Å²) < 4.78 is 1.61. The third kappa shape index (κ3) is 4.10. The first kappa shape index (κ1) is 14.6. The number of anilines is 2. The zero-order valence-electron chi connectivity index (χ0n) is 12.7. The van der Waals surface area contributed by atoms with E-state index >= 15 is 0 Å². The van der Waals surface area contributed by atoms with Gasteiger partial charge in [-0.05, 0) is 43.2 Å². The Bertz CT molecular complexity index is 586. The Morgan fingerprint density at radius 1 is 1.14 bits per heavy atom. The maximum atomic E-state index is 11.9. The van der Waals surface area contributed by atoms with Crippen molar-refractivity contribution < 1.29 is 4.79 Å². The number of hydrogen-bond donors (Lipinski definition) is 2. The van der Waals surface area contributed by atoms with Gasteiger partial charge in [-0.15, -0.1) is 0 Å². The van der Waals surface area contributed by atoms with Crippen molar-refractivity contribution in [1.29, 1.82) is 0 Å². The van der Waals surface area contributed by atoms with Crippen molar-refractivity contribution in [2.24, 2.45) is 0 Å². The van der Waals surface area contributed by atoms with Crippen LogP contribution < -0.4 is 10.6 Å². The topological polar surface area (TPSA) is 59.0 Å². The molecule has 3 rings (SSSR count). The van der Waals surface area contributed by atoms with E-state index in [1.54, 1.807) is 23.1 Å². The summed E-state index contributed by atoms with van der Waals surface area (Å²) in [5, 5.41) is 10.5. The highest BCUT2D eigenvalue weighted by molar-refractivity contribution is 5.90. The van der Waals surface area contributed by atoms with Gasteiger partial charge in [0.1, 0.15) is 6.54 Å². The molecule has 5 heteroatoms. The van der Waals surface area contributed by atoms with E-state index in [9.17, 15) is 4.79 Å². The number of carbonyl (C=O) groups is 1. The van der Waals surface area contributed by atoms with Crippen LogP contribution in [0.4, 0.5) is 11.4 Å². The van der Waals surface area contributed by atoms with Crippen molar-refractivity contribution in [2.45, 2.75) is 44.7 Å². The van der Waals surface area contributed by atoms with Crippen LogP contribution in [0.5, 0.6) is 0 Å². The Morgan fingerprint density at radius 2 is 1.86 bits per heavy atom. The van der Waals surface area contributed by atoms with Crippen LogP contribution in [0, 0.1) is 0 Å². The molecule has 1 fully saturated rings. The van der Waals surface area contributed by atoms with E-state index < -0.39 is 0 Å². The number of nitrogens with one attached hydrogen (secondary N) is 2. The van der Waals surface area contributed by atoms with Crippen LogP contribution in [0.15, 0.2) is 42.7 Å². The maximum absolute atomic E-state index is 11.9. The van der Waals surface area contributed by atoms with Crippen molar-refractivity contribution in [3.05, 3.63) is 42.7 Å². The molecule has 1 aliphatic carbocycles. The summed E-state index contributed by atoms with van der Waals surface area (Å²) in [7, 11) is 0. The van der Waals surface area contributed by atoms with Gasteiger partial charge in [0.05, 0.1) is 0 Å². The number of aromatic nitrogens is 2. The van der Waals surface area contributed by atoms with Crippen LogP contribution in [-0.4, -0.2) is 21.7 Å². The van der Waals surface area contributed by atoms with Gasteiger partial charge in [0, 0.05) is 29.8 Å². The molecular formula is C17H22N4O. The second-order valence-corrected chi connectivity index (χ2v) is 5.81. The van der Waals surface area contributed by atoms with Gasteiger partial charge in [-0.1, -0.05) is 19.3 Å². The molecule has 0 atom stereocenters. The normalized spacial score (nSPS) is 15.5. The third-order valence-corrected chi connectivity index (χ3v) is 4.01. The van der Waals surface area contributed by atoms with Gasteiger partial charge >= 0.3 is 0 Å². The van der Waals surface area contributed by atoms with E-state index in [1.807, 2.05) is 24.3 Å². The van der Waals surface area contributed by atoms with Gasteiger partial charge in [-0.25, -0.2) is 0 Å². The zero-order chi connectivity index (χ0) is 15.2. The molecule has 1 heterocycles. The number of carbonyl (C=O) groups excluding carboxylic acids is 1. The predicted molar refractivity (Wildman–Crippen MR) is 87.8 cm³/mol. The SMILES string of the molecule is O=C(Cn1cccn1)Nc1ccc(NC2CCCCC2)cc1. The fraction of sp³-hybridized carbons (Fsp3) is 0.412. The fourth-order valence-electron chi connectivity index (χ4n) is 2.87. The standard InChI is InChI=1S/C17H22N4O/c22-17(13-21-12-4-11-18-21)20-16-9-7-15(8-10-16)19-14-5-2-1-3-6-14/h4,7-12,14,19H,1-3,5-6,13H2,(H,20,22). The Hall–Kier alpha value is -2.30. The lowest BCUT2D eigenvalue weighted by Crippen LogP contribution is -2.22. The van der Waals surface area contributed by atoms with Crippen LogP contribution in [0.25, 0.3) is 0 Å². The third-order valence-electron chi connectivity index (χ3n) is 4.01. The van der Waals surface area contributed by atoms with Gasteiger partial charge in [-0.3, -0.25) is 9.48 Å². The van der Waals surface area contributed by atoms with Gasteiger partial charge in [0.25, 0.3) is 0 Å². The Labute approximate surface area is 130 Å². The Morgan fingerprint density at radius 3 is 2.55 bits per heavy atom. The summed E-state index contributed by atoms with van der Waals surface area (Å²) in [6.07, 6.45) is 9.94.